The predicted octanol–water partition coefficient (Wildman–Crippen LogP) is 2.78. The molecule has 4 nitrogen and oxygen atoms in total. The number of benzene rings is 1. The molecule has 3 aliphatic rings. The number of rotatable bonds is 4. The minimum absolute atomic E-state index is 0.228. The molecule has 24 heavy (non-hydrogen) atoms. The fraction of sp³-hybridized carbons (Fsp3) is 0.650. The summed E-state index contributed by atoms with van der Waals surface area (Å²) in [5.74, 6) is 1.11. The predicted molar refractivity (Wildman–Crippen MR) is 94.4 cm³/mol. The minimum Gasteiger partial charge on any atom is -0.496 e. The molecule has 1 amide bonds. The zero-order valence-electron chi connectivity index (χ0n) is 14.8. The number of carbonyl (C=O) groups is 1. The number of nitrogens with one attached hydrogen (secondary N) is 1. The standard InChI is InChI=1S/C20H28N2O2/c1-14-6-7-15(13-18(14)24-2)20(9-10-20)19(23)21-16-8-12-22-11-4-3-5-17(16)22/h6-7,13,16-17H,3-5,8-12H2,1-2H3,(H,21,23)/t16-,17+/m0/s1. The molecular formula is C20H28N2O2. The molecule has 1 saturated carbocycles. The van der Waals surface area contributed by atoms with Gasteiger partial charge in [0.15, 0.2) is 0 Å². The highest BCUT2D eigenvalue weighted by Crippen LogP contribution is 2.49. The monoisotopic (exact) mass is 328 g/mol. The molecule has 130 valence electrons. The first-order valence-corrected chi connectivity index (χ1v) is 9.34. The number of hydrogen-bond donors (Lipinski definition) is 1. The maximum atomic E-state index is 13.1. The second-order valence-corrected chi connectivity index (χ2v) is 7.73. The lowest BCUT2D eigenvalue weighted by atomic mass is 9.92. The highest BCUT2D eigenvalue weighted by Gasteiger charge is 2.52. The van der Waals surface area contributed by atoms with Crippen LogP contribution in [0.5, 0.6) is 5.75 Å². The van der Waals surface area contributed by atoms with E-state index in [0.29, 0.717) is 12.1 Å². The molecule has 0 spiro atoms. The van der Waals surface area contributed by atoms with E-state index in [1.54, 1.807) is 7.11 Å². The lowest BCUT2D eigenvalue weighted by Crippen LogP contribution is -2.49. The first kappa shape index (κ1) is 15.9. The third-order valence-electron chi connectivity index (χ3n) is 6.32. The van der Waals surface area contributed by atoms with Crippen LogP contribution in [0.15, 0.2) is 18.2 Å². The molecule has 0 aromatic heterocycles. The van der Waals surface area contributed by atoms with Gasteiger partial charge in [0.1, 0.15) is 5.75 Å². The van der Waals surface area contributed by atoms with Crippen LogP contribution in [0, 0.1) is 6.92 Å². The Morgan fingerprint density at radius 3 is 2.83 bits per heavy atom. The van der Waals surface area contributed by atoms with Gasteiger partial charge in [0.2, 0.25) is 5.91 Å². The van der Waals surface area contributed by atoms with Gasteiger partial charge in [-0.2, -0.15) is 0 Å². The largest absolute Gasteiger partial charge is 0.496 e. The Labute approximate surface area is 144 Å². The van der Waals surface area contributed by atoms with Crippen molar-refractivity contribution in [3.8, 4) is 5.75 Å². The molecule has 0 unspecified atom stereocenters. The molecule has 2 heterocycles. The van der Waals surface area contributed by atoms with Gasteiger partial charge in [0.05, 0.1) is 12.5 Å². The molecule has 2 atom stereocenters. The Morgan fingerprint density at radius 1 is 1.25 bits per heavy atom. The molecule has 1 aliphatic carbocycles. The fourth-order valence-corrected chi connectivity index (χ4v) is 4.61. The van der Waals surface area contributed by atoms with Gasteiger partial charge in [-0.1, -0.05) is 18.6 Å². The van der Waals surface area contributed by atoms with Crippen molar-refractivity contribution in [2.75, 3.05) is 20.2 Å². The fourth-order valence-electron chi connectivity index (χ4n) is 4.61. The molecule has 1 N–H and O–H groups in total. The molecule has 4 heteroatoms. The third kappa shape index (κ3) is 2.61. The second kappa shape index (κ2) is 6.07. The zero-order valence-corrected chi connectivity index (χ0v) is 14.8. The van der Waals surface area contributed by atoms with E-state index in [1.165, 1.54) is 25.8 Å². The van der Waals surface area contributed by atoms with Crippen LogP contribution >= 0.6 is 0 Å². The number of methoxy groups -OCH3 is 1. The van der Waals surface area contributed by atoms with Crippen LogP contribution in [0.1, 0.15) is 49.7 Å². The molecular weight excluding hydrogens is 300 g/mol. The van der Waals surface area contributed by atoms with Gasteiger partial charge < -0.3 is 10.1 Å². The van der Waals surface area contributed by atoms with E-state index in [4.69, 9.17) is 4.74 Å². The van der Waals surface area contributed by atoms with Crippen molar-refractivity contribution in [2.45, 2.75) is 62.9 Å². The van der Waals surface area contributed by atoms with Crippen LogP contribution in [-0.2, 0) is 10.2 Å². The van der Waals surface area contributed by atoms with Crippen LogP contribution in [0.25, 0.3) is 0 Å². The number of aryl methyl sites for hydroxylation is 1. The highest BCUT2D eigenvalue weighted by atomic mass is 16.5. The van der Waals surface area contributed by atoms with Crippen LogP contribution in [0.4, 0.5) is 0 Å². The lowest BCUT2D eigenvalue weighted by molar-refractivity contribution is -0.124. The Morgan fingerprint density at radius 2 is 2.08 bits per heavy atom. The van der Waals surface area contributed by atoms with Crippen molar-refractivity contribution in [3.05, 3.63) is 29.3 Å². The summed E-state index contributed by atoms with van der Waals surface area (Å²) in [6.45, 7) is 4.39. The lowest BCUT2D eigenvalue weighted by Gasteiger charge is -2.33. The summed E-state index contributed by atoms with van der Waals surface area (Å²) < 4.78 is 5.45. The van der Waals surface area contributed by atoms with Crippen molar-refractivity contribution in [1.29, 1.82) is 0 Å². The van der Waals surface area contributed by atoms with Crippen LogP contribution in [0.3, 0.4) is 0 Å². The van der Waals surface area contributed by atoms with Gasteiger partial charge in [-0.3, -0.25) is 9.69 Å². The first-order valence-electron chi connectivity index (χ1n) is 9.34. The first-order chi connectivity index (χ1) is 11.6. The second-order valence-electron chi connectivity index (χ2n) is 7.73. The van der Waals surface area contributed by atoms with E-state index in [0.717, 1.165) is 42.7 Å². The maximum Gasteiger partial charge on any atom is 0.230 e. The van der Waals surface area contributed by atoms with Crippen LogP contribution in [-0.4, -0.2) is 43.1 Å². The number of piperidine rings is 1. The Kier molecular flexibility index (Phi) is 4.03. The SMILES string of the molecule is COc1cc(C2(C(=O)N[C@H]3CCN4CCCC[C@H]34)CC2)ccc1C. The quantitative estimate of drug-likeness (QED) is 0.924. The minimum atomic E-state index is -0.316. The summed E-state index contributed by atoms with van der Waals surface area (Å²) in [6.07, 6.45) is 6.84. The van der Waals surface area contributed by atoms with Crippen molar-refractivity contribution in [2.24, 2.45) is 0 Å². The maximum absolute atomic E-state index is 13.1. The molecule has 1 aromatic rings. The third-order valence-corrected chi connectivity index (χ3v) is 6.32. The van der Waals surface area contributed by atoms with E-state index in [-0.39, 0.29) is 11.3 Å². The zero-order chi connectivity index (χ0) is 16.7. The summed E-state index contributed by atoms with van der Waals surface area (Å²) >= 11 is 0. The number of hydrogen-bond acceptors (Lipinski definition) is 3. The molecule has 4 rings (SSSR count). The Hall–Kier alpha value is -1.55. The van der Waals surface area contributed by atoms with E-state index >= 15 is 0 Å². The number of amides is 1. The van der Waals surface area contributed by atoms with Gasteiger partial charge in [-0.05, 0) is 62.8 Å². The summed E-state index contributed by atoms with van der Waals surface area (Å²) in [7, 11) is 1.70. The van der Waals surface area contributed by atoms with Gasteiger partial charge >= 0.3 is 0 Å². The van der Waals surface area contributed by atoms with Gasteiger partial charge in [0, 0.05) is 18.6 Å². The molecule has 2 saturated heterocycles. The molecule has 2 aliphatic heterocycles. The Balaban J connectivity index is 1.50. The normalized spacial score (nSPS) is 28.2. The van der Waals surface area contributed by atoms with Crippen molar-refractivity contribution >= 4 is 5.91 Å². The van der Waals surface area contributed by atoms with Crippen LogP contribution in [0.2, 0.25) is 0 Å². The number of nitrogens with zero attached hydrogens (tertiary/aromatic N) is 1. The smallest absolute Gasteiger partial charge is 0.230 e. The van der Waals surface area contributed by atoms with E-state index in [2.05, 4.69) is 28.4 Å². The summed E-state index contributed by atoms with van der Waals surface area (Å²) in [5.41, 5.74) is 1.91. The van der Waals surface area contributed by atoms with Crippen molar-refractivity contribution in [1.82, 2.24) is 10.2 Å². The van der Waals surface area contributed by atoms with E-state index < -0.39 is 0 Å². The van der Waals surface area contributed by atoms with E-state index in [1.807, 2.05) is 6.92 Å². The van der Waals surface area contributed by atoms with Crippen LogP contribution < -0.4 is 10.1 Å². The number of fused-ring (bicyclic) bond motifs is 1. The van der Waals surface area contributed by atoms with E-state index in [9.17, 15) is 4.79 Å². The number of ether oxygens (including phenoxy) is 1. The van der Waals surface area contributed by atoms with Gasteiger partial charge in [0.25, 0.3) is 0 Å². The average molecular weight is 328 g/mol. The summed E-state index contributed by atoms with van der Waals surface area (Å²) in [4.78, 5) is 15.6. The number of carbonyl (C=O) groups excluding carboxylic acids is 1. The molecule has 3 fully saturated rings. The molecule has 1 aromatic carbocycles. The average Bonchev–Trinajstić information content (AvgIpc) is 3.32. The van der Waals surface area contributed by atoms with Gasteiger partial charge in [-0.15, -0.1) is 0 Å². The summed E-state index contributed by atoms with van der Waals surface area (Å²) in [5, 5.41) is 3.41. The van der Waals surface area contributed by atoms with Crippen molar-refractivity contribution in [3.63, 3.8) is 0 Å². The Bertz CT molecular complexity index is 639. The molecule has 0 bridgehead atoms. The highest BCUT2D eigenvalue weighted by molar-refractivity contribution is 5.91. The van der Waals surface area contributed by atoms with Gasteiger partial charge in [-0.25, -0.2) is 0 Å². The summed E-state index contributed by atoms with van der Waals surface area (Å²) in [6, 6.07) is 7.13. The van der Waals surface area contributed by atoms with Crippen molar-refractivity contribution < 1.29 is 9.53 Å². The topological polar surface area (TPSA) is 41.6 Å². The molecule has 0 radical (unpaired) electrons.